The van der Waals surface area contributed by atoms with Gasteiger partial charge in [0, 0.05) is 17.3 Å². The first-order valence-corrected chi connectivity index (χ1v) is 8.42. The molecule has 0 aromatic heterocycles. The zero-order chi connectivity index (χ0) is 15.8. The first kappa shape index (κ1) is 16.7. The van der Waals surface area contributed by atoms with Crippen molar-refractivity contribution in [3.63, 3.8) is 0 Å². The Labute approximate surface area is 140 Å². The van der Waals surface area contributed by atoms with Crippen LogP contribution in [0.4, 0.5) is 0 Å². The van der Waals surface area contributed by atoms with Crippen molar-refractivity contribution in [3.8, 4) is 5.75 Å². The molecular formula is C17H18ClNO2S. The third kappa shape index (κ3) is 5.62. The largest absolute Gasteiger partial charge is 0.497 e. The first-order valence-electron chi connectivity index (χ1n) is 6.89. The minimum Gasteiger partial charge on any atom is -0.497 e. The Morgan fingerprint density at radius 3 is 2.68 bits per heavy atom. The van der Waals surface area contributed by atoms with Crippen LogP contribution in [0, 0.1) is 0 Å². The number of thioether (sulfide) groups is 1. The fraction of sp³-hybridized carbons (Fsp3) is 0.235. The zero-order valence-electron chi connectivity index (χ0n) is 12.3. The summed E-state index contributed by atoms with van der Waals surface area (Å²) in [6.45, 7) is 0.511. The Bertz CT molecular complexity index is 616. The second-order valence-corrected chi connectivity index (χ2v) is 6.17. The molecule has 5 heteroatoms. The highest BCUT2D eigenvalue weighted by molar-refractivity contribution is 7.99. The molecule has 0 unspecified atom stereocenters. The number of methoxy groups -OCH3 is 1. The smallest absolute Gasteiger partial charge is 0.230 e. The van der Waals surface area contributed by atoms with Crippen molar-refractivity contribution in [1.82, 2.24) is 5.32 Å². The van der Waals surface area contributed by atoms with E-state index < -0.39 is 0 Å². The maximum absolute atomic E-state index is 11.8. The molecule has 2 aromatic carbocycles. The first-order chi connectivity index (χ1) is 10.7. The lowest BCUT2D eigenvalue weighted by molar-refractivity contribution is -0.118. The fourth-order valence-corrected chi connectivity index (χ4v) is 2.82. The number of benzene rings is 2. The topological polar surface area (TPSA) is 38.3 Å². The second-order valence-electron chi connectivity index (χ2n) is 4.75. The van der Waals surface area contributed by atoms with Gasteiger partial charge < -0.3 is 10.1 Å². The predicted molar refractivity (Wildman–Crippen MR) is 92.5 cm³/mol. The molecule has 1 N–H and O–H groups in total. The molecule has 0 aliphatic rings. The average molecular weight is 336 g/mol. The molecule has 0 aliphatic carbocycles. The molecule has 0 fully saturated rings. The van der Waals surface area contributed by atoms with E-state index in [9.17, 15) is 4.79 Å². The SMILES string of the molecule is COc1cccc(CNC(=O)CSCc2ccc(Cl)cc2)c1. The summed E-state index contributed by atoms with van der Waals surface area (Å²) in [5.41, 5.74) is 2.19. The van der Waals surface area contributed by atoms with E-state index in [0.29, 0.717) is 12.3 Å². The lowest BCUT2D eigenvalue weighted by Crippen LogP contribution is -2.24. The number of amides is 1. The van der Waals surface area contributed by atoms with Crippen LogP contribution < -0.4 is 10.1 Å². The number of hydrogen-bond acceptors (Lipinski definition) is 3. The lowest BCUT2D eigenvalue weighted by atomic mass is 10.2. The highest BCUT2D eigenvalue weighted by atomic mass is 35.5. The minimum atomic E-state index is 0.0294. The third-order valence-corrected chi connectivity index (χ3v) is 4.29. The Morgan fingerprint density at radius 2 is 1.95 bits per heavy atom. The molecule has 0 bridgehead atoms. The molecule has 0 heterocycles. The van der Waals surface area contributed by atoms with Gasteiger partial charge in [0.05, 0.1) is 12.9 Å². The van der Waals surface area contributed by atoms with E-state index in [0.717, 1.165) is 27.7 Å². The third-order valence-electron chi connectivity index (χ3n) is 3.04. The van der Waals surface area contributed by atoms with Crippen molar-refractivity contribution in [2.24, 2.45) is 0 Å². The van der Waals surface area contributed by atoms with Gasteiger partial charge in [0.2, 0.25) is 5.91 Å². The van der Waals surface area contributed by atoms with Crippen molar-refractivity contribution in [3.05, 3.63) is 64.7 Å². The number of nitrogens with one attached hydrogen (secondary N) is 1. The van der Waals surface area contributed by atoms with Crippen LogP contribution in [0.2, 0.25) is 5.02 Å². The normalized spacial score (nSPS) is 10.3. The van der Waals surface area contributed by atoms with Crippen molar-refractivity contribution >= 4 is 29.3 Å². The molecule has 1 amide bonds. The van der Waals surface area contributed by atoms with Crippen LogP contribution in [0.3, 0.4) is 0 Å². The van der Waals surface area contributed by atoms with Gasteiger partial charge in [-0.3, -0.25) is 4.79 Å². The van der Waals surface area contributed by atoms with E-state index in [1.54, 1.807) is 18.9 Å². The maximum atomic E-state index is 11.8. The van der Waals surface area contributed by atoms with Crippen LogP contribution in [-0.4, -0.2) is 18.8 Å². The van der Waals surface area contributed by atoms with E-state index in [-0.39, 0.29) is 5.91 Å². The molecule has 2 rings (SSSR count). The summed E-state index contributed by atoms with van der Waals surface area (Å²) in [5.74, 6) is 2.06. The Morgan fingerprint density at radius 1 is 1.18 bits per heavy atom. The molecule has 116 valence electrons. The van der Waals surface area contributed by atoms with Gasteiger partial charge in [0.1, 0.15) is 5.75 Å². The molecule has 0 saturated heterocycles. The molecule has 3 nitrogen and oxygen atoms in total. The molecule has 2 aromatic rings. The number of carbonyl (C=O) groups is 1. The van der Waals surface area contributed by atoms with Crippen LogP contribution in [0.1, 0.15) is 11.1 Å². The number of ether oxygens (including phenoxy) is 1. The molecule has 0 spiro atoms. The van der Waals surface area contributed by atoms with E-state index in [2.05, 4.69) is 5.32 Å². The van der Waals surface area contributed by atoms with Gasteiger partial charge in [-0.05, 0) is 35.4 Å². The number of carbonyl (C=O) groups excluding carboxylic acids is 1. The van der Waals surface area contributed by atoms with E-state index in [1.165, 1.54) is 0 Å². The van der Waals surface area contributed by atoms with Crippen LogP contribution in [0.15, 0.2) is 48.5 Å². The summed E-state index contributed by atoms with van der Waals surface area (Å²) in [6, 6.07) is 15.3. The molecule has 22 heavy (non-hydrogen) atoms. The van der Waals surface area contributed by atoms with Gasteiger partial charge in [-0.25, -0.2) is 0 Å². The molecule has 0 atom stereocenters. The van der Waals surface area contributed by atoms with Crippen molar-refractivity contribution in [2.75, 3.05) is 12.9 Å². The number of hydrogen-bond donors (Lipinski definition) is 1. The van der Waals surface area contributed by atoms with Crippen molar-refractivity contribution < 1.29 is 9.53 Å². The van der Waals surface area contributed by atoms with Crippen LogP contribution in [0.25, 0.3) is 0 Å². The molecular weight excluding hydrogens is 318 g/mol. The summed E-state index contributed by atoms with van der Waals surface area (Å²) in [5, 5.41) is 3.64. The van der Waals surface area contributed by atoms with Crippen molar-refractivity contribution in [2.45, 2.75) is 12.3 Å². The summed E-state index contributed by atoms with van der Waals surface area (Å²) in [4.78, 5) is 11.8. The lowest BCUT2D eigenvalue weighted by Gasteiger charge is -2.07. The Balaban J connectivity index is 1.70. The van der Waals surface area contributed by atoms with Gasteiger partial charge in [-0.2, -0.15) is 0 Å². The van der Waals surface area contributed by atoms with Crippen LogP contribution >= 0.6 is 23.4 Å². The highest BCUT2D eigenvalue weighted by Crippen LogP contribution is 2.15. The van der Waals surface area contributed by atoms with E-state index in [4.69, 9.17) is 16.3 Å². The van der Waals surface area contributed by atoms with Gasteiger partial charge in [-0.15, -0.1) is 11.8 Å². The van der Waals surface area contributed by atoms with Crippen LogP contribution in [0.5, 0.6) is 5.75 Å². The summed E-state index contributed by atoms with van der Waals surface area (Å²) < 4.78 is 5.16. The van der Waals surface area contributed by atoms with Crippen LogP contribution in [-0.2, 0) is 17.1 Å². The van der Waals surface area contributed by atoms with E-state index >= 15 is 0 Å². The zero-order valence-corrected chi connectivity index (χ0v) is 13.9. The second kappa shape index (κ2) is 8.71. The van der Waals surface area contributed by atoms with Gasteiger partial charge >= 0.3 is 0 Å². The van der Waals surface area contributed by atoms with Gasteiger partial charge in [-0.1, -0.05) is 35.9 Å². The number of halogens is 1. The maximum Gasteiger partial charge on any atom is 0.230 e. The summed E-state index contributed by atoms with van der Waals surface area (Å²) in [6.07, 6.45) is 0. The highest BCUT2D eigenvalue weighted by Gasteiger charge is 2.03. The molecule has 0 aliphatic heterocycles. The quantitative estimate of drug-likeness (QED) is 0.834. The fourth-order valence-electron chi connectivity index (χ4n) is 1.88. The molecule has 0 radical (unpaired) electrons. The summed E-state index contributed by atoms with van der Waals surface area (Å²) in [7, 11) is 1.63. The monoisotopic (exact) mass is 335 g/mol. The summed E-state index contributed by atoms with van der Waals surface area (Å²) >= 11 is 7.42. The van der Waals surface area contributed by atoms with Gasteiger partial charge in [0.15, 0.2) is 0 Å². The predicted octanol–water partition coefficient (Wildman–Crippen LogP) is 3.90. The Kier molecular flexibility index (Phi) is 6.62. The average Bonchev–Trinajstić information content (AvgIpc) is 2.55. The van der Waals surface area contributed by atoms with E-state index in [1.807, 2.05) is 48.5 Å². The van der Waals surface area contributed by atoms with Crippen molar-refractivity contribution in [1.29, 1.82) is 0 Å². The minimum absolute atomic E-state index is 0.0294. The Hall–Kier alpha value is -1.65. The van der Waals surface area contributed by atoms with Gasteiger partial charge in [0.25, 0.3) is 0 Å². The number of rotatable bonds is 7. The standard InChI is InChI=1S/C17H18ClNO2S/c1-21-16-4-2-3-14(9-16)10-19-17(20)12-22-11-13-5-7-15(18)8-6-13/h2-9H,10-12H2,1H3,(H,19,20). The molecule has 0 saturated carbocycles.